The first kappa shape index (κ1) is 34.2. The molecular formula is C23H45NaO6. The van der Waals surface area contributed by atoms with Gasteiger partial charge in [-0.1, -0.05) is 84.3 Å². The third kappa shape index (κ3) is 20.9. The van der Waals surface area contributed by atoms with Crippen molar-refractivity contribution < 1.29 is 60.6 Å². The summed E-state index contributed by atoms with van der Waals surface area (Å²) in [4.78, 5) is 21.8. The Kier molecular flexibility index (Phi) is 28.4. The molecule has 7 heteroatoms. The summed E-state index contributed by atoms with van der Waals surface area (Å²) in [5.74, 6) is -2.75. The van der Waals surface area contributed by atoms with E-state index < -0.39 is 24.1 Å². The summed E-state index contributed by atoms with van der Waals surface area (Å²) in [5.41, 5.74) is 0. The largest absolute Gasteiger partial charge is 1.00 e. The van der Waals surface area contributed by atoms with E-state index in [0.717, 1.165) is 25.7 Å². The summed E-state index contributed by atoms with van der Waals surface area (Å²) in [5, 5.41) is 26.8. The predicted octanol–water partition coefficient (Wildman–Crippen LogP) is 2.13. The van der Waals surface area contributed by atoms with E-state index in [9.17, 15) is 14.7 Å². The Balaban J connectivity index is -0.00000121. The molecule has 0 radical (unpaired) electrons. The molecule has 0 rings (SSSR count). The fraction of sp³-hybridized carbons (Fsp3) is 0.826. The van der Waals surface area contributed by atoms with E-state index in [1.165, 1.54) is 57.8 Å². The molecule has 0 heterocycles. The third-order valence-electron chi connectivity index (χ3n) is 4.69. The van der Waals surface area contributed by atoms with Gasteiger partial charge in [0.15, 0.2) is 12.2 Å². The molecular weight excluding hydrogens is 395 g/mol. The number of esters is 1. The number of aliphatic hydroxyl groups excluding tert-OH is 2. The van der Waals surface area contributed by atoms with Crippen molar-refractivity contribution in [3.63, 3.8) is 0 Å². The molecule has 0 amide bonds. The topological polar surface area (TPSA) is 104 Å². The molecule has 0 bridgehead atoms. The fourth-order valence-electron chi connectivity index (χ4n) is 2.87. The van der Waals surface area contributed by atoms with Crippen molar-refractivity contribution in [3.05, 3.63) is 12.2 Å². The van der Waals surface area contributed by atoms with Gasteiger partial charge in [0.25, 0.3) is 0 Å². The Morgan fingerprint density at radius 3 is 1.70 bits per heavy atom. The number of rotatable bonds is 19. The van der Waals surface area contributed by atoms with E-state index in [0.29, 0.717) is 6.42 Å². The van der Waals surface area contributed by atoms with Crippen LogP contribution in [0.4, 0.5) is 0 Å². The molecule has 0 aliphatic carbocycles. The standard InChI is InChI=1S/C22H40O6.CH4.Na.H/c1-2-3-4-5-6-7-8-9-10-11-12-13-14-15-16-17-18-28-22(27)20(24)19(23)21(25)26;;;/h9-10,19-20,23-24H,2-8,11-18H2,1H3,(H,25,26);1H4;;/q;;+1;-1/b10-9-;;;. The second kappa shape index (κ2) is 24.9. The van der Waals surface area contributed by atoms with Crippen LogP contribution in [0.1, 0.15) is 106 Å². The number of unbranched alkanes of at least 4 members (excludes halogenated alkanes) is 12. The minimum atomic E-state index is -2.15. The molecule has 0 saturated heterocycles. The van der Waals surface area contributed by atoms with Gasteiger partial charge in [-0.3, -0.25) is 0 Å². The van der Waals surface area contributed by atoms with Crippen LogP contribution in [-0.2, 0) is 14.3 Å². The van der Waals surface area contributed by atoms with Crippen molar-refractivity contribution in [3.8, 4) is 0 Å². The smallest absolute Gasteiger partial charge is 1.00 e. The van der Waals surface area contributed by atoms with Gasteiger partial charge < -0.3 is 21.5 Å². The van der Waals surface area contributed by atoms with Crippen molar-refractivity contribution >= 4 is 11.9 Å². The number of aliphatic hydroxyl groups is 2. The summed E-state index contributed by atoms with van der Waals surface area (Å²) >= 11 is 0. The van der Waals surface area contributed by atoms with Crippen molar-refractivity contribution in [1.29, 1.82) is 0 Å². The van der Waals surface area contributed by atoms with Gasteiger partial charge in [-0.05, 0) is 32.1 Å². The number of allylic oxidation sites excluding steroid dienone is 2. The number of carbonyl (C=O) groups is 2. The van der Waals surface area contributed by atoms with Gasteiger partial charge in [0.1, 0.15) is 0 Å². The van der Waals surface area contributed by atoms with Crippen LogP contribution in [0.15, 0.2) is 12.2 Å². The van der Waals surface area contributed by atoms with Crippen LogP contribution in [0.25, 0.3) is 0 Å². The first-order valence-corrected chi connectivity index (χ1v) is 10.9. The average Bonchev–Trinajstić information content (AvgIpc) is 2.68. The van der Waals surface area contributed by atoms with Crippen LogP contribution in [0.2, 0.25) is 0 Å². The SMILES string of the molecule is C.CCCCCCCC/C=C\CCCCCCCCOC(=O)C(O)C(O)C(=O)O.[H-].[Na+]. The van der Waals surface area contributed by atoms with E-state index >= 15 is 0 Å². The monoisotopic (exact) mass is 440 g/mol. The molecule has 0 aromatic heterocycles. The Bertz CT molecular complexity index is 434. The number of carboxylic acids is 1. The summed E-state index contributed by atoms with van der Waals surface area (Å²) in [6, 6.07) is 0. The molecule has 0 aliphatic heterocycles. The van der Waals surface area contributed by atoms with E-state index in [4.69, 9.17) is 14.9 Å². The second-order valence-electron chi connectivity index (χ2n) is 7.33. The molecule has 0 aromatic carbocycles. The minimum Gasteiger partial charge on any atom is -1.00 e. The number of hydrogen-bond acceptors (Lipinski definition) is 5. The van der Waals surface area contributed by atoms with Gasteiger partial charge in [-0.15, -0.1) is 0 Å². The summed E-state index contributed by atoms with van der Waals surface area (Å²) in [7, 11) is 0. The van der Waals surface area contributed by atoms with Crippen molar-refractivity contribution in [2.24, 2.45) is 0 Å². The quantitative estimate of drug-likeness (QED) is 0.123. The molecule has 0 saturated carbocycles. The summed E-state index contributed by atoms with van der Waals surface area (Å²) < 4.78 is 4.77. The van der Waals surface area contributed by atoms with E-state index in [-0.39, 0.29) is 45.0 Å². The van der Waals surface area contributed by atoms with E-state index in [1.807, 2.05) is 0 Å². The zero-order valence-corrected chi connectivity index (χ0v) is 20.5. The summed E-state index contributed by atoms with van der Waals surface area (Å²) in [6.45, 7) is 2.37. The molecule has 0 spiro atoms. The van der Waals surface area contributed by atoms with Crippen molar-refractivity contribution in [2.75, 3.05) is 6.61 Å². The van der Waals surface area contributed by atoms with Gasteiger partial charge >= 0.3 is 41.5 Å². The number of hydrogen-bond donors (Lipinski definition) is 3. The summed E-state index contributed by atoms with van der Waals surface area (Å²) in [6.07, 6.45) is 17.0. The maximum absolute atomic E-state index is 11.3. The van der Waals surface area contributed by atoms with E-state index in [1.54, 1.807) is 0 Å². The molecule has 6 nitrogen and oxygen atoms in total. The first-order chi connectivity index (χ1) is 13.5. The maximum Gasteiger partial charge on any atom is 1.00 e. The first-order valence-electron chi connectivity index (χ1n) is 10.9. The van der Waals surface area contributed by atoms with Crippen molar-refractivity contribution in [2.45, 2.75) is 116 Å². The molecule has 2 atom stereocenters. The predicted molar refractivity (Wildman–Crippen MR) is 118 cm³/mol. The number of aliphatic carboxylic acids is 1. The van der Waals surface area contributed by atoms with E-state index in [2.05, 4.69) is 19.1 Å². The van der Waals surface area contributed by atoms with Crippen molar-refractivity contribution in [1.82, 2.24) is 0 Å². The molecule has 0 aromatic rings. The zero-order chi connectivity index (χ0) is 21.0. The van der Waals surface area contributed by atoms with Crippen LogP contribution in [0.3, 0.4) is 0 Å². The molecule has 30 heavy (non-hydrogen) atoms. The van der Waals surface area contributed by atoms with Crippen LogP contribution in [0.5, 0.6) is 0 Å². The Morgan fingerprint density at radius 2 is 1.23 bits per heavy atom. The molecule has 174 valence electrons. The number of carboxylic acid groups (broad SMARTS) is 1. The third-order valence-corrected chi connectivity index (χ3v) is 4.69. The molecule has 0 fully saturated rings. The Morgan fingerprint density at radius 1 is 0.800 bits per heavy atom. The van der Waals surface area contributed by atoms with Crippen LogP contribution >= 0.6 is 0 Å². The van der Waals surface area contributed by atoms with Gasteiger partial charge in [-0.2, -0.15) is 0 Å². The number of carbonyl (C=O) groups excluding carboxylic acids is 1. The molecule has 3 N–H and O–H groups in total. The molecule has 2 unspecified atom stereocenters. The minimum absolute atomic E-state index is 0. The zero-order valence-electron chi connectivity index (χ0n) is 19.5. The Hall–Kier alpha value is -0.400. The van der Waals surface area contributed by atoms with Crippen LogP contribution in [0, 0.1) is 0 Å². The van der Waals surface area contributed by atoms with Gasteiger partial charge in [-0.25, -0.2) is 9.59 Å². The van der Waals surface area contributed by atoms with Crippen LogP contribution < -0.4 is 29.6 Å². The van der Waals surface area contributed by atoms with Gasteiger partial charge in [0, 0.05) is 0 Å². The Labute approximate surface area is 207 Å². The van der Waals surface area contributed by atoms with Crippen LogP contribution in [-0.4, -0.2) is 46.1 Å². The number of ether oxygens (including phenoxy) is 1. The fourth-order valence-corrected chi connectivity index (χ4v) is 2.87. The maximum atomic E-state index is 11.3. The normalized spacial score (nSPS) is 12.6. The molecule has 0 aliphatic rings. The van der Waals surface area contributed by atoms with Gasteiger partial charge in [0.2, 0.25) is 0 Å². The second-order valence-corrected chi connectivity index (χ2v) is 7.33. The van der Waals surface area contributed by atoms with Gasteiger partial charge in [0.05, 0.1) is 6.61 Å². The average molecular weight is 441 g/mol.